The Labute approximate surface area is 49.3 Å². The van der Waals surface area contributed by atoms with E-state index in [9.17, 15) is 4.79 Å². The molecule has 0 saturated carbocycles. The van der Waals surface area contributed by atoms with Crippen molar-refractivity contribution in [3.8, 4) is 12.3 Å². The lowest BCUT2D eigenvalue weighted by atomic mass is 10.2. The Balaban J connectivity index is 3.68. The van der Waals surface area contributed by atoms with Gasteiger partial charge in [0.25, 0.3) is 0 Å². The van der Waals surface area contributed by atoms with Crippen molar-refractivity contribution in [3.63, 3.8) is 0 Å². The van der Waals surface area contributed by atoms with E-state index in [0.29, 0.717) is 0 Å². The maximum Gasteiger partial charge on any atom is 0.221 e. The first-order valence-corrected chi connectivity index (χ1v) is 2.40. The van der Waals surface area contributed by atoms with Crippen LogP contribution in [0.15, 0.2) is 0 Å². The second-order valence-electron chi connectivity index (χ2n) is 1.52. The van der Waals surface area contributed by atoms with Gasteiger partial charge in [-0.15, -0.1) is 6.42 Å². The van der Waals surface area contributed by atoms with Crippen LogP contribution in [0.1, 0.15) is 6.92 Å². The van der Waals surface area contributed by atoms with Gasteiger partial charge in [-0.3, -0.25) is 4.79 Å². The van der Waals surface area contributed by atoms with Crippen molar-refractivity contribution in [1.29, 1.82) is 0 Å². The van der Waals surface area contributed by atoms with E-state index < -0.39 is 0 Å². The van der Waals surface area contributed by atoms with Crippen LogP contribution in [-0.2, 0) is 4.79 Å². The highest BCUT2D eigenvalue weighted by Gasteiger charge is 2.03. The number of Topliss-reactive ketones (excluding diaryl/α,β-unsaturated/α-hetero) is 1. The number of carbonyl (C=O) groups excluding carboxylic acids is 1. The predicted octanol–water partition coefficient (Wildman–Crippen LogP) is -0.203. The molecule has 0 aromatic carbocycles. The highest BCUT2D eigenvalue weighted by Crippen LogP contribution is 1.78. The Bertz CT molecular complexity index is 123. The van der Waals surface area contributed by atoms with Crippen molar-refractivity contribution < 1.29 is 4.79 Å². The molecule has 0 fully saturated rings. The average molecular weight is 111 g/mol. The fourth-order valence-electron chi connectivity index (χ4n) is 0.256. The quantitative estimate of drug-likeness (QED) is 0.395. The standard InChI is InChI=1S/C6H9NO/c1-4-6(8)5(2)7-3/h1,5,7H,2-3H3/t5-/m0/s1. The van der Waals surface area contributed by atoms with Gasteiger partial charge >= 0.3 is 0 Å². The first kappa shape index (κ1) is 7.19. The van der Waals surface area contributed by atoms with Crippen LogP contribution in [0.2, 0.25) is 0 Å². The van der Waals surface area contributed by atoms with E-state index >= 15 is 0 Å². The summed E-state index contributed by atoms with van der Waals surface area (Å²) in [4.78, 5) is 10.4. The van der Waals surface area contributed by atoms with Crippen LogP contribution < -0.4 is 5.32 Å². The number of rotatable bonds is 2. The van der Waals surface area contributed by atoms with Crippen molar-refractivity contribution in [2.75, 3.05) is 7.05 Å². The van der Waals surface area contributed by atoms with Crippen molar-refractivity contribution >= 4 is 5.78 Å². The second-order valence-corrected chi connectivity index (χ2v) is 1.52. The second kappa shape index (κ2) is 3.23. The molecule has 8 heavy (non-hydrogen) atoms. The SMILES string of the molecule is C#CC(=O)[C@H](C)NC. The molecule has 0 aromatic heterocycles. The molecule has 0 rings (SSSR count). The van der Waals surface area contributed by atoms with Gasteiger partial charge in [-0.2, -0.15) is 0 Å². The largest absolute Gasteiger partial charge is 0.310 e. The maximum absolute atomic E-state index is 10.4. The van der Waals surface area contributed by atoms with Crippen molar-refractivity contribution in [2.24, 2.45) is 0 Å². The Kier molecular flexibility index (Phi) is 2.90. The van der Waals surface area contributed by atoms with Crippen LogP contribution in [0.25, 0.3) is 0 Å². The Morgan fingerprint density at radius 2 is 2.38 bits per heavy atom. The van der Waals surface area contributed by atoms with Crippen molar-refractivity contribution in [1.82, 2.24) is 5.32 Å². The number of nitrogens with one attached hydrogen (secondary N) is 1. The van der Waals surface area contributed by atoms with E-state index in [1.54, 1.807) is 14.0 Å². The normalized spacial score (nSPS) is 12.1. The zero-order valence-corrected chi connectivity index (χ0v) is 5.06. The summed E-state index contributed by atoms with van der Waals surface area (Å²) in [5, 5.41) is 2.72. The highest BCUT2D eigenvalue weighted by atomic mass is 16.1. The topological polar surface area (TPSA) is 29.1 Å². The Morgan fingerprint density at radius 1 is 1.88 bits per heavy atom. The fraction of sp³-hybridized carbons (Fsp3) is 0.500. The first-order chi connectivity index (χ1) is 3.72. The number of ketones is 1. The third-order valence-electron chi connectivity index (χ3n) is 0.969. The minimum Gasteiger partial charge on any atom is -0.310 e. The molecule has 0 heterocycles. The summed E-state index contributed by atoms with van der Waals surface area (Å²) in [7, 11) is 1.69. The van der Waals surface area contributed by atoms with Gasteiger partial charge in [0.15, 0.2) is 0 Å². The predicted molar refractivity (Wildman–Crippen MR) is 32.4 cm³/mol. The lowest BCUT2D eigenvalue weighted by Gasteiger charge is -2.00. The van der Waals surface area contributed by atoms with E-state index in [2.05, 4.69) is 5.32 Å². The van der Waals surface area contributed by atoms with Gasteiger partial charge in [0.2, 0.25) is 5.78 Å². The lowest BCUT2D eigenvalue weighted by molar-refractivity contribution is -0.115. The van der Waals surface area contributed by atoms with E-state index in [1.165, 1.54) is 0 Å². The fourth-order valence-corrected chi connectivity index (χ4v) is 0.256. The zero-order chi connectivity index (χ0) is 6.57. The van der Waals surface area contributed by atoms with Crippen LogP contribution >= 0.6 is 0 Å². The number of likely N-dealkylation sites (N-methyl/N-ethyl adjacent to an activating group) is 1. The number of hydrogen-bond donors (Lipinski definition) is 1. The molecule has 2 heteroatoms. The summed E-state index contributed by atoms with van der Waals surface area (Å²) in [6.07, 6.45) is 4.81. The molecular formula is C6H9NO. The first-order valence-electron chi connectivity index (χ1n) is 2.40. The number of carbonyl (C=O) groups is 1. The summed E-state index contributed by atoms with van der Waals surface area (Å²) < 4.78 is 0. The molecule has 0 aliphatic carbocycles. The molecular weight excluding hydrogens is 102 g/mol. The molecule has 0 bridgehead atoms. The molecule has 0 aliphatic rings. The summed E-state index contributed by atoms with van der Waals surface area (Å²) in [6.45, 7) is 1.72. The van der Waals surface area contributed by atoms with Crippen LogP contribution in [0.5, 0.6) is 0 Å². The molecule has 1 N–H and O–H groups in total. The molecule has 0 radical (unpaired) electrons. The zero-order valence-electron chi connectivity index (χ0n) is 5.06. The number of terminal acetylenes is 1. The summed E-state index contributed by atoms with van der Waals surface area (Å²) in [6, 6.07) is -0.208. The van der Waals surface area contributed by atoms with Gasteiger partial charge in [-0.1, -0.05) is 0 Å². The number of hydrogen-bond acceptors (Lipinski definition) is 2. The van der Waals surface area contributed by atoms with Crippen molar-refractivity contribution in [2.45, 2.75) is 13.0 Å². The van der Waals surface area contributed by atoms with E-state index in [1.807, 2.05) is 5.92 Å². The van der Waals surface area contributed by atoms with Gasteiger partial charge < -0.3 is 5.32 Å². The van der Waals surface area contributed by atoms with E-state index in [-0.39, 0.29) is 11.8 Å². The van der Waals surface area contributed by atoms with Crippen LogP contribution in [0, 0.1) is 12.3 Å². The third kappa shape index (κ3) is 1.76. The lowest BCUT2D eigenvalue weighted by Crippen LogP contribution is -2.29. The third-order valence-corrected chi connectivity index (χ3v) is 0.969. The molecule has 0 spiro atoms. The molecule has 44 valence electrons. The van der Waals surface area contributed by atoms with Crippen LogP contribution in [-0.4, -0.2) is 18.9 Å². The van der Waals surface area contributed by atoms with Gasteiger partial charge in [0.05, 0.1) is 6.04 Å². The molecule has 0 aliphatic heterocycles. The molecule has 0 amide bonds. The van der Waals surface area contributed by atoms with Gasteiger partial charge in [-0.25, -0.2) is 0 Å². The molecule has 2 nitrogen and oxygen atoms in total. The highest BCUT2D eigenvalue weighted by molar-refractivity contribution is 5.98. The Morgan fingerprint density at radius 3 is 2.50 bits per heavy atom. The van der Waals surface area contributed by atoms with Gasteiger partial charge in [0.1, 0.15) is 0 Å². The molecule has 0 saturated heterocycles. The smallest absolute Gasteiger partial charge is 0.221 e. The molecule has 0 unspecified atom stereocenters. The van der Waals surface area contributed by atoms with Gasteiger partial charge in [-0.05, 0) is 19.9 Å². The average Bonchev–Trinajstić information content (AvgIpc) is 1.84. The molecule has 1 atom stereocenters. The van der Waals surface area contributed by atoms with E-state index in [0.717, 1.165) is 0 Å². The van der Waals surface area contributed by atoms with Crippen LogP contribution in [0.3, 0.4) is 0 Å². The monoisotopic (exact) mass is 111 g/mol. The molecule has 0 aromatic rings. The summed E-state index contributed by atoms with van der Waals surface area (Å²) in [5.41, 5.74) is 0. The van der Waals surface area contributed by atoms with Gasteiger partial charge in [0, 0.05) is 0 Å². The summed E-state index contributed by atoms with van der Waals surface area (Å²) in [5.74, 6) is 1.81. The minimum atomic E-state index is -0.208. The summed E-state index contributed by atoms with van der Waals surface area (Å²) >= 11 is 0. The van der Waals surface area contributed by atoms with Crippen molar-refractivity contribution in [3.05, 3.63) is 0 Å². The van der Waals surface area contributed by atoms with Crippen LogP contribution in [0.4, 0.5) is 0 Å². The minimum absolute atomic E-state index is 0.201. The maximum atomic E-state index is 10.4. The van der Waals surface area contributed by atoms with E-state index in [4.69, 9.17) is 6.42 Å². The Hall–Kier alpha value is -0.810.